The number of anilines is 1. The molecule has 1 aliphatic rings. The van der Waals surface area contributed by atoms with E-state index in [0.717, 1.165) is 36.8 Å². The van der Waals surface area contributed by atoms with Gasteiger partial charge in [-0.15, -0.1) is 0 Å². The Morgan fingerprint density at radius 3 is 2.45 bits per heavy atom. The first-order valence-corrected chi connectivity index (χ1v) is 7.24. The maximum atomic E-state index is 5.81. The van der Waals surface area contributed by atoms with Crippen molar-refractivity contribution in [1.82, 2.24) is 19.9 Å². The van der Waals surface area contributed by atoms with E-state index in [9.17, 15) is 0 Å². The zero-order valence-corrected chi connectivity index (χ0v) is 13.0. The molecule has 0 bridgehead atoms. The van der Waals surface area contributed by atoms with Crippen molar-refractivity contribution in [3.8, 4) is 11.8 Å². The number of hydrogen-bond donors (Lipinski definition) is 0. The third-order valence-corrected chi connectivity index (χ3v) is 3.51. The predicted molar refractivity (Wildman–Crippen MR) is 81.3 cm³/mol. The second kappa shape index (κ2) is 6.13. The summed E-state index contributed by atoms with van der Waals surface area (Å²) >= 11 is 0. The first-order chi connectivity index (χ1) is 10.6. The van der Waals surface area contributed by atoms with Gasteiger partial charge in [0.2, 0.25) is 5.95 Å². The summed E-state index contributed by atoms with van der Waals surface area (Å²) in [7, 11) is 1.58. The van der Waals surface area contributed by atoms with Gasteiger partial charge in [-0.05, 0) is 19.9 Å². The van der Waals surface area contributed by atoms with Gasteiger partial charge in [0.15, 0.2) is 5.75 Å². The highest BCUT2D eigenvalue weighted by Gasteiger charge is 2.26. The van der Waals surface area contributed by atoms with Gasteiger partial charge >= 0.3 is 6.01 Å². The molecule has 0 radical (unpaired) electrons. The van der Waals surface area contributed by atoms with Crippen LogP contribution >= 0.6 is 0 Å². The molecule has 2 aromatic heterocycles. The summed E-state index contributed by atoms with van der Waals surface area (Å²) in [6.07, 6.45) is 4.13. The molecular formula is C15H19N5O2. The van der Waals surface area contributed by atoms with Gasteiger partial charge in [0.05, 0.1) is 26.0 Å². The van der Waals surface area contributed by atoms with E-state index in [4.69, 9.17) is 9.47 Å². The van der Waals surface area contributed by atoms with Gasteiger partial charge in [0, 0.05) is 24.4 Å². The van der Waals surface area contributed by atoms with Gasteiger partial charge in [0.25, 0.3) is 0 Å². The van der Waals surface area contributed by atoms with E-state index in [2.05, 4.69) is 24.8 Å². The molecule has 1 aliphatic heterocycles. The van der Waals surface area contributed by atoms with Crippen molar-refractivity contribution in [2.24, 2.45) is 0 Å². The van der Waals surface area contributed by atoms with Gasteiger partial charge in [-0.25, -0.2) is 9.97 Å². The fourth-order valence-corrected chi connectivity index (χ4v) is 2.47. The van der Waals surface area contributed by atoms with Crippen LogP contribution in [0.25, 0.3) is 0 Å². The Kier molecular flexibility index (Phi) is 4.04. The Morgan fingerprint density at radius 2 is 1.82 bits per heavy atom. The maximum Gasteiger partial charge on any atom is 0.316 e. The zero-order valence-electron chi connectivity index (χ0n) is 13.0. The molecule has 1 saturated heterocycles. The van der Waals surface area contributed by atoms with Crippen LogP contribution in [0.5, 0.6) is 11.8 Å². The quantitative estimate of drug-likeness (QED) is 0.848. The number of aromatic nitrogens is 4. The Balaban J connectivity index is 1.64. The highest BCUT2D eigenvalue weighted by molar-refractivity contribution is 5.34. The molecule has 3 heterocycles. The number of aryl methyl sites for hydroxylation is 2. The Hall–Kier alpha value is -2.44. The third-order valence-electron chi connectivity index (χ3n) is 3.51. The number of methoxy groups -OCH3 is 1. The number of rotatable bonds is 4. The zero-order chi connectivity index (χ0) is 15.5. The second-order valence-corrected chi connectivity index (χ2v) is 5.33. The third kappa shape index (κ3) is 3.24. The first kappa shape index (κ1) is 14.5. The summed E-state index contributed by atoms with van der Waals surface area (Å²) in [5.41, 5.74) is 1.95. The Labute approximate surface area is 129 Å². The smallest absolute Gasteiger partial charge is 0.316 e. The fourth-order valence-electron chi connectivity index (χ4n) is 2.47. The van der Waals surface area contributed by atoms with Crippen molar-refractivity contribution < 1.29 is 9.47 Å². The minimum atomic E-state index is 0.0396. The van der Waals surface area contributed by atoms with Crippen LogP contribution in [0.2, 0.25) is 0 Å². The maximum absolute atomic E-state index is 5.81. The van der Waals surface area contributed by atoms with E-state index in [1.165, 1.54) is 0 Å². The standard InChI is InChI=1S/C15H19N5O2/c1-10-6-11(2)19-14(18-10)20-5-4-12(9-20)22-15-16-7-13(21-3)8-17-15/h6-8,12H,4-5,9H2,1-3H3. The molecule has 116 valence electrons. The van der Waals surface area contributed by atoms with Gasteiger partial charge in [-0.3, -0.25) is 0 Å². The number of nitrogens with zero attached hydrogens (tertiary/aromatic N) is 5. The fraction of sp³-hybridized carbons (Fsp3) is 0.467. The van der Waals surface area contributed by atoms with E-state index in [-0.39, 0.29) is 6.10 Å². The molecule has 0 saturated carbocycles. The van der Waals surface area contributed by atoms with Crippen LogP contribution in [0.15, 0.2) is 18.5 Å². The molecule has 7 nitrogen and oxygen atoms in total. The average molecular weight is 301 g/mol. The monoisotopic (exact) mass is 301 g/mol. The number of hydrogen-bond acceptors (Lipinski definition) is 7. The number of ether oxygens (including phenoxy) is 2. The molecule has 1 fully saturated rings. The van der Waals surface area contributed by atoms with Crippen LogP contribution in [0.4, 0.5) is 5.95 Å². The van der Waals surface area contributed by atoms with Crippen molar-refractivity contribution in [2.75, 3.05) is 25.1 Å². The Morgan fingerprint density at radius 1 is 1.14 bits per heavy atom. The molecule has 0 aromatic carbocycles. The summed E-state index contributed by atoms with van der Waals surface area (Å²) in [6, 6.07) is 2.34. The SMILES string of the molecule is COc1cnc(OC2CCN(c3nc(C)cc(C)n3)C2)nc1. The normalized spacial score (nSPS) is 17.6. The molecule has 0 N–H and O–H groups in total. The van der Waals surface area contributed by atoms with Crippen LogP contribution in [-0.4, -0.2) is 46.2 Å². The molecule has 0 spiro atoms. The minimum absolute atomic E-state index is 0.0396. The van der Waals surface area contributed by atoms with Crippen molar-refractivity contribution in [2.45, 2.75) is 26.4 Å². The lowest BCUT2D eigenvalue weighted by Gasteiger charge is -2.17. The topological polar surface area (TPSA) is 73.3 Å². The largest absolute Gasteiger partial charge is 0.494 e. The van der Waals surface area contributed by atoms with E-state index in [0.29, 0.717) is 11.8 Å². The van der Waals surface area contributed by atoms with E-state index < -0.39 is 0 Å². The second-order valence-electron chi connectivity index (χ2n) is 5.33. The molecule has 1 atom stereocenters. The first-order valence-electron chi connectivity index (χ1n) is 7.24. The van der Waals surface area contributed by atoms with E-state index in [1.807, 2.05) is 19.9 Å². The highest BCUT2D eigenvalue weighted by Crippen LogP contribution is 2.20. The summed E-state index contributed by atoms with van der Waals surface area (Å²) in [6.45, 7) is 5.56. The van der Waals surface area contributed by atoms with E-state index in [1.54, 1.807) is 19.5 Å². The van der Waals surface area contributed by atoms with Gasteiger partial charge < -0.3 is 14.4 Å². The van der Waals surface area contributed by atoms with Crippen LogP contribution in [0, 0.1) is 13.8 Å². The lowest BCUT2D eigenvalue weighted by Crippen LogP contribution is -2.26. The lowest BCUT2D eigenvalue weighted by atomic mass is 10.3. The van der Waals surface area contributed by atoms with Gasteiger partial charge in [-0.1, -0.05) is 0 Å². The van der Waals surface area contributed by atoms with Crippen LogP contribution < -0.4 is 14.4 Å². The summed E-state index contributed by atoms with van der Waals surface area (Å²) in [5.74, 6) is 1.38. The van der Waals surface area contributed by atoms with Crippen LogP contribution in [0.3, 0.4) is 0 Å². The van der Waals surface area contributed by atoms with Gasteiger partial charge in [-0.2, -0.15) is 9.97 Å². The summed E-state index contributed by atoms with van der Waals surface area (Å²) in [4.78, 5) is 19.4. The Bertz CT molecular complexity index is 627. The minimum Gasteiger partial charge on any atom is -0.494 e. The highest BCUT2D eigenvalue weighted by atomic mass is 16.5. The van der Waals surface area contributed by atoms with Gasteiger partial charge in [0.1, 0.15) is 6.10 Å². The molecule has 2 aromatic rings. The van der Waals surface area contributed by atoms with Crippen molar-refractivity contribution in [3.05, 3.63) is 29.8 Å². The lowest BCUT2D eigenvalue weighted by molar-refractivity contribution is 0.205. The van der Waals surface area contributed by atoms with E-state index >= 15 is 0 Å². The van der Waals surface area contributed by atoms with Crippen molar-refractivity contribution in [3.63, 3.8) is 0 Å². The molecule has 1 unspecified atom stereocenters. The van der Waals surface area contributed by atoms with Crippen molar-refractivity contribution in [1.29, 1.82) is 0 Å². The predicted octanol–water partition coefficient (Wildman–Crippen LogP) is 1.55. The van der Waals surface area contributed by atoms with Crippen molar-refractivity contribution >= 4 is 5.95 Å². The summed E-state index contributed by atoms with van der Waals surface area (Å²) < 4.78 is 10.8. The van der Waals surface area contributed by atoms with Crippen LogP contribution in [-0.2, 0) is 0 Å². The molecule has 0 amide bonds. The molecule has 0 aliphatic carbocycles. The molecular weight excluding hydrogens is 282 g/mol. The molecule has 7 heteroatoms. The summed E-state index contributed by atoms with van der Waals surface area (Å²) in [5, 5.41) is 0. The molecule has 22 heavy (non-hydrogen) atoms. The van der Waals surface area contributed by atoms with Crippen LogP contribution in [0.1, 0.15) is 17.8 Å². The molecule has 3 rings (SSSR count). The average Bonchev–Trinajstić information content (AvgIpc) is 2.96.